The number of ether oxygens (including phenoxy) is 1. The van der Waals surface area contributed by atoms with E-state index in [4.69, 9.17) is 16.3 Å². The average molecular weight is 483 g/mol. The molecule has 3 fully saturated rings. The van der Waals surface area contributed by atoms with E-state index in [1.165, 1.54) is 0 Å². The van der Waals surface area contributed by atoms with Gasteiger partial charge in [-0.2, -0.15) is 0 Å². The van der Waals surface area contributed by atoms with E-state index in [0.29, 0.717) is 22.2 Å². The standard InChI is InChI=1S/C26H31ClN4O3/c1-25(2,34-20-8-3-6-17(27)16-20)24(33)30-26-13-4-7-19(12-14-26)31(26)22-21(9-5-15-28-22)23(32)29-18-10-11-18/h3,5-6,8-9,15-16,18-19H,4,7,10-14H2,1-2H3,(H,29,32)(H,30,33). The van der Waals surface area contributed by atoms with Gasteiger partial charge >= 0.3 is 0 Å². The predicted molar refractivity (Wildman–Crippen MR) is 131 cm³/mol. The van der Waals surface area contributed by atoms with Gasteiger partial charge in [0.25, 0.3) is 11.8 Å². The number of aromatic nitrogens is 1. The number of anilines is 1. The van der Waals surface area contributed by atoms with E-state index in [1.54, 1.807) is 50.4 Å². The largest absolute Gasteiger partial charge is 0.478 e. The third-order valence-electron chi connectivity index (χ3n) is 7.08. The smallest absolute Gasteiger partial charge is 0.265 e. The first-order chi connectivity index (χ1) is 16.3. The Kier molecular flexibility index (Phi) is 5.92. The van der Waals surface area contributed by atoms with Gasteiger partial charge in [-0.1, -0.05) is 17.7 Å². The van der Waals surface area contributed by atoms with Crippen molar-refractivity contribution in [3.63, 3.8) is 0 Å². The molecule has 1 aliphatic carbocycles. The molecule has 34 heavy (non-hydrogen) atoms. The second kappa shape index (κ2) is 8.77. The molecule has 1 aromatic carbocycles. The molecule has 2 saturated heterocycles. The highest BCUT2D eigenvalue weighted by atomic mass is 35.5. The zero-order valence-electron chi connectivity index (χ0n) is 19.6. The van der Waals surface area contributed by atoms with Gasteiger partial charge in [0.2, 0.25) is 0 Å². The van der Waals surface area contributed by atoms with Crippen molar-refractivity contribution in [2.75, 3.05) is 4.90 Å². The number of halogens is 1. The first-order valence-corrected chi connectivity index (χ1v) is 12.5. The number of pyridine rings is 1. The van der Waals surface area contributed by atoms with Gasteiger partial charge in [-0.3, -0.25) is 9.59 Å². The van der Waals surface area contributed by atoms with Crippen LogP contribution in [0.15, 0.2) is 42.6 Å². The molecular formula is C26H31ClN4O3. The molecule has 0 spiro atoms. The Morgan fingerprint density at radius 1 is 1.15 bits per heavy atom. The van der Waals surface area contributed by atoms with Gasteiger partial charge in [0, 0.05) is 23.3 Å². The number of hydrogen-bond acceptors (Lipinski definition) is 5. The quantitative estimate of drug-likeness (QED) is 0.609. The van der Waals surface area contributed by atoms with E-state index in [2.05, 4.69) is 20.5 Å². The Balaban J connectivity index is 1.41. The van der Waals surface area contributed by atoms with E-state index in [9.17, 15) is 9.59 Å². The first-order valence-electron chi connectivity index (χ1n) is 12.1. The minimum absolute atomic E-state index is 0.0957. The maximum absolute atomic E-state index is 13.6. The molecule has 8 heteroatoms. The monoisotopic (exact) mass is 482 g/mol. The number of rotatable bonds is 7. The molecule has 0 radical (unpaired) electrons. The number of amides is 2. The Morgan fingerprint density at radius 3 is 2.74 bits per heavy atom. The van der Waals surface area contributed by atoms with Crippen LogP contribution in [0, 0.1) is 0 Å². The van der Waals surface area contributed by atoms with Crippen molar-refractivity contribution in [2.45, 2.75) is 82.1 Å². The molecule has 3 heterocycles. The third kappa shape index (κ3) is 4.45. The Morgan fingerprint density at radius 2 is 1.97 bits per heavy atom. The van der Waals surface area contributed by atoms with Crippen LogP contribution in [0.3, 0.4) is 0 Å². The van der Waals surface area contributed by atoms with E-state index in [0.717, 1.165) is 44.9 Å². The fourth-order valence-corrected chi connectivity index (χ4v) is 5.38. The molecule has 2 amide bonds. The minimum Gasteiger partial charge on any atom is -0.478 e. The number of fused-ring (bicyclic) bond motifs is 2. The zero-order valence-corrected chi connectivity index (χ0v) is 20.4. The van der Waals surface area contributed by atoms with Gasteiger partial charge in [0.15, 0.2) is 5.60 Å². The molecule has 1 aromatic heterocycles. The number of benzene rings is 1. The summed E-state index contributed by atoms with van der Waals surface area (Å²) in [6.45, 7) is 3.52. The van der Waals surface area contributed by atoms with Gasteiger partial charge < -0.3 is 20.3 Å². The van der Waals surface area contributed by atoms with Crippen molar-refractivity contribution >= 4 is 29.2 Å². The average Bonchev–Trinajstić information content (AvgIpc) is 3.58. The maximum atomic E-state index is 13.6. The molecule has 2 aliphatic heterocycles. The van der Waals surface area contributed by atoms with Crippen LogP contribution in [0.2, 0.25) is 5.02 Å². The molecule has 1 saturated carbocycles. The van der Waals surface area contributed by atoms with Crippen molar-refractivity contribution < 1.29 is 14.3 Å². The van der Waals surface area contributed by atoms with Crippen molar-refractivity contribution in [2.24, 2.45) is 0 Å². The fraction of sp³-hybridized carbons (Fsp3) is 0.500. The van der Waals surface area contributed by atoms with Crippen LogP contribution in [0.4, 0.5) is 5.82 Å². The van der Waals surface area contributed by atoms with Crippen LogP contribution < -0.4 is 20.3 Å². The maximum Gasteiger partial charge on any atom is 0.265 e. The van der Waals surface area contributed by atoms with E-state index >= 15 is 0 Å². The number of carbonyl (C=O) groups excluding carboxylic acids is 2. The van der Waals surface area contributed by atoms with Crippen LogP contribution in [-0.4, -0.2) is 40.1 Å². The first kappa shape index (κ1) is 23.0. The second-order valence-electron chi connectivity index (χ2n) is 10.1. The van der Waals surface area contributed by atoms with E-state index in [1.807, 2.05) is 6.07 Å². The third-order valence-corrected chi connectivity index (χ3v) is 7.31. The Bertz CT molecular complexity index is 1100. The number of nitrogens with one attached hydrogen (secondary N) is 2. The van der Waals surface area contributed by atoms with Crippen molar-refractivity contribution in [3.8, 4) is 5.75 Å². The molecule has 2 N–H and O–H groups in total. The van der Waals surface area contributed by atoms with Crippen molar-refractivity contribution in [1.82, 2.24) is 15.6 Å². The number of piperidine rings is 1. The van der Waals surface area contributed by atoms with Gasteiger partial charge in [0.1, 0.15) is 17.2 Å². The second-order valence-corrected chi connectivity index (χ2v) is 10.6. The molecule has 2 unspecified atom stereocenters. The normalized spacial score (nSPS) is 24.0. The summed E-state index contributed by atoms with van der Waals surface area (Å²) in [5.74, 6) is 0.886. The highest BCUT2D eigenvalue weighted by molar-refractivity contribution is 6.30. The number of carbonyl (C=O) groups is 2. The van der Waals surface area contributed by atoms with Crippen LogP contribution in [0.25, 0.3) is 0 Å². The fourth-order valence-electron chi connectivity index (χ4n) is 5.20. The molecule has 2 bridgehead atoms. The predicted octanol–water partition coefficient (Wildman–Crippen LogP) is 4.45. The molecule has 5 rings (SSSR count). The summed E-state index contributed by atoms with van der Waals surface area (Å²) in [7, 11) is 0. The van der Waals surface area contributed by atoms with E-state index < -0.39 is 11.3 Å². The molecule has 180 valence electrons. The topological polar surface area (TPSA) is 83.6 Å². The summed E-state index contributed by atoms with van der Waals surface area (Å²) in [5, 5.41) is 6.96. The van der Waals surface area contributed by atoms with Crippen LogP contribution in [0.5, 0.6) is 5.75 Å². The molecule has 3 aliphatic rings. The van der Waals surface area contributed by atoms with Gasteiger partial charge in [0.05, 0.1) is 5.56 Å². The summed E-state index contributed by atoms with van der Waals surface area (Å²) < 4.78 is 6.05. The highest BCUT2D eigenvalue weighted by Crippen LogP contribution is 2.46. The van der Waals surface area contributed by atoms with Crippen LogP contribution in [0.1, 0.15) is 69.2 Å². The van der Waals surface area contributed by atoms with Gasteiger partial charge in [-0.05, 0) is 89.1 Å². The molecule has 2 aromatic rings. The Hall–Kier alpha value is -2.80. The van der Waals surface area contributed by atoms with Gasteiger partial charge in [-0.15, -0.1) is 0 Å². The van der Waals surface area contributed by atoms with Crippen LogP contribution >= 0.6 is 11.6 Å². The Labute approximate surface area is 205 Å². The van der Waals surface area contributed by atoms with Crippen molar-refractivity contribution in [1.29, 1.82) is 0 Å². The number of hydrogen-bond donors (Lipinski definition) is 2. The van der Waals surface area contributed by atoms with Crippen molar-refractivity contribution in [3.05, 3.63) is 53.2 Å². The summed E-state index contributed by atoms with van der Waals surface area (Å²) in [5.41, 5.74) is -1.15. The molecule has 2 atom stereocenters. The summed E-state index contributed by atoms with van der Waals surface area (Å²) >= 11 is 6.09. The minimum atomic E-state index is -1.11. The lowest BCUT2D eigenvalue weighted by molar-refractivity contribution is -0.136. The lowest BCUT2D eigenvalue weighted by atomic mass is 9.94. The summed E-state index contributed by atoms with van der Waals surface area (Å²) in [6.07, 6.45) is 8.33. The molecule has 7 nitrogen and oxygen atoms in total. The van der Waals surface area contributed by atoms with Crippen LogP contribution in [-0.2, 0) is 4.79 Å². The van der Waals surface area contributed by atoms with Gasteiger partial charge in [-0.25, -0.2) is 4.98 Å². The summed E-state index contributed by atoms with van der Waals surface area (Å²) in [4.78, 5) is 33.4. The number of nitrogens with zero attached hydrogens (tertiary/aromatic N) is 2. The lowest BCUT2D eigenvalue weighted by Crippen LogP contribution is -2.65. The SMILES string of the molecule is CC(C)(Oc1cccc(Cl)c1)C(=O)NC12CCCC(CC1)N2c1ncccc1C(=O)NC1CC1. The highest BCUT2D eigenvalue weighted by Gasteiger charge is 2.52. The van der Waals surface area contributed by atoms with E-state index in [-0.39, 0.29) is 23.9 Å². The molecular weight excluding hydrogens is 452 g/mol. The lowest BCUT2D eigenvalue weighted by Gasteiger charge is -2.47. The summed E-state index contributed by atoms with van der Waals surface area (Å²) in [6, 6.07) is 11.2. The zero-order chi connectivity index (χ0) is 23.9.